The zero-order valence-electron chi connectivity index (χ0n) is 9.01. The average Bonchev–Trinajstić information content (AvgIpc) is 2.26. The van der Waals surface area contributed by atoms with Crippen molar-refractivity contribution in [3.05, 3.63) is 0 Å². The van der Waals surface area contributed by atoms with Gasteiger partial charge in [-0.3, -0.25) is 4.79 Å². The maximum Gasteiger partial charge on any atom is 0.305 e. The molecule has 0 rings (SSSR count). The third kappa shape index (κ3) is 10.5. The molecule has 0 bridgehead atoms. The van der Waals surface area contributed by atoms with Crippen molar-refractivity contribution in [2.24, 2.45) is 0 Å². The Balaban J connectivity index is 3.40. The number of esters is 1. The van der Waals surface area contributed by atoms with E-state index in [4.69, 9.17) is 5.11 Å². The molecule has 3 heteroatoms. The summed E-state index contributed by atoms with van der Waals surface area (Å²) in [6, 6.07) is 0. The van der Waals surface area contributed by atoms with Crippen molar-refractivity contribution < 1.29 is 14.6 Å². The first-order chi connectivity index (χ1) is 7.31. The Hall–Kier alpha value is -1.45. The maximum atomic E-state index is 10.7. The fourth-order valence-electron chi connectivity index (χ4n) is 0.825. The number of aliphatic hydroxyl groups excluding tert-OH is 1. The third-order valence-corrected chi connectivity index (χ3v) is 1.57. The van der Waals surface area contributed by atoms with Gasteiger partial charge in [-0.2, -0.15) is 0 Å². The number of ether oxygens (including phenoxy) is 1. The molecule has 0 heterocycles. The molecule has 82 valence electrons. The summed E-state index contributed by atoms with van der Waals surface area (Å²) in [4.78, 5) is 10.7. The van der Waals surface area contributed by atoms with Gasteiger partial charge in [0.25, 0.3) is 0 Å². The number of carbonyl (C=O) groups is 1. The van der Waals surface area contributed by atoms with Crippen LogP contribution >= 0.6 is 0 Å². The van der Waals surface area contributed by atoms with Gasteiger partial charge in [0.15, 0.2) is 0 Å². The molecule has 0 saturated heterocycles. The highest BCUT2D eigenvalue weighted by Crippen LogP contribution is 1.95. The van der Waals surface area contributed by atoms with Crippen LogP contribution in [0.4, 0.5) is 0 Å². The first-order valence-electron chi connectivity index (χ1n) is 4.90. The van der Waals surface area contributed by atoms with Crippen LogP contribution < -0.4 is 0 Å². The summed E-state index contributed by atoms with van der Waals surface area (Å²) in [5, 5.41) is 8.43. The largest absolute Gasteiger partial charge is 0.469 e. The second-order valence-electron chi connectivity index (χ2n) is 2.79. The minimum Gasteiger partial charge on any atom is -0.469 e. The number of aliphatic hydroxyl groups is 1. The van der Waals surface area contributed by atoms with Crippen LogP contribution in [0.2, 0.25) is 0 Å². The zero-order chi connectivity index (χ0) is 11.4. The highest BCUT2D eigenvalue weighted by molar-refractivity contribution is 5.69. The van der Waals surface area contributed by atoms with Gasteiger partial charge in [-0.1, -0.05) is 17.8 Å². The molecule has 0 saturated carbocycles. The van der Waals surface area contributed by atoms with E-state index in [1.54, 1.807) is 0 Å². The Kier molecular flexibility index (Phi) is 9.60. The molecule has 15 heavy (non-hydrogen) atoms. The van der Waals surface area contributed by atoms with Crippen molar-refractivity contribution in [2.45, 2.75) is 32.1 Å². The molecular weight excluding hydrogens is 192 g/mol. The van der Waals surface area contributed by atoms with Crippen LogP contribution in [0.15, 0.2) is 0 Å². The molecule has 0 aromatic carbocycles. The van der Waals surface area contributed by atoms with E-state index >= 15 is 0 Å². The van der Waals surface area contributed by atoms with Crippen LogP contribution in [0.5, 0.6) is 0 Å². The molecule has 0 radical (unpaired) electrons. The summed E-state index contributed by atoms with van der Waals surface area (Å²) in [6.45, 7) is 0.0968. The summed E-state index contributed by atoms with van der Waals surface area (Å²) in [6.07, 6.45) is 2.87. The molecule has 0 spiro atoms. The van der Waals surface area contributed by atoms with Gasteiger partial charge in [0.05, 0.1) is 20.1 Å². The van der Waals surface area contributed by atoms with Crippen LogP contribution in [0.25, 0.3) is 0 Å². The standard InChI is InChI=1S/C12H16O3/c1-15-12(14)10-8-6-4-2-3-5-7-9-11-13/h13H,3,6,8-11H2,1H3. The van der Waals surface area contributed by atoms with Gasteiger partial charge in [-0.05, 0) is 6.42 Å². The predicted octanol–water partition coefficient (Wildman–Crippen LogP) is 1.11. The second-order valence-corrected chi connectivity index (χ2v) is 2.79. The number of rotatable bonds is 4. The predicted molar refractivity (Wildman–Crippen MR) is 57.7 cm³/mol. The van der Waals surface area contributed by atoms with Crippen molar-refractivity contribution in [1.82, 2.24) is 0 Å². The Labute approximate surface area is 90.8 Å². The molecule has 1 N–H and O–H groups in total. The Morgan fingerprint density at radius 1 is 1.20 bits per heavy atom. The highest BCUT2D eigenvalue weighted by Gasteiger charge is 1.96. The molecule has 0 aromatic rings. The Morgan fingerprint density at radius 3 is 2.47 bits per heavy atom. The molecule has 0 unspecified atom stereocenters. The molecule has 0 aliphatic carbocycles. The zero-order valence-corrected chi connectivity index (χ0v) is 9.01. The van der Waals surface area contributed by atoms with Crippen molar-refractivity contribution in [3.63, 3.8) is 0 Å². The number of unbranched alkanes of at least 4 members (excludes halogenated alkanes) is 1. The summed E-state index contributed by atoms with van der Waals surface area (Å²) >= 11 is 0. The van der Waals surface area contributed by atoms with Gasteiger partial charge in [0.2, 0.25) is 0 Å². The van der Waals surface area contributed by atoms with Gasteiger partial charge in [0.1, 0.15) is 0 Å². The lowest BCUT2D eigenvalue weighted by atomic mass is 10.2. The van der Waals surface area contributed by atoms with Crippen molar-refractivity contribution >= 4 is 5.97 Å². The lowest BCUT2D eigenvalue weighted by Gasteiger charge is -1.93. The lowest BCUT2D eigenvalue weighted by Crippen LogP contribution is -1.98. The van der Waals surface area contributed by atoms with Gasteiger partial charge in [0, 0.05) is 19.3 Å². The molecular formula is C12H16O3. The van der Waals surface area contributed by atoms with E-state index in [0.29, 0.717) is 25.7 Å². The lowest BCUT2D eigenvalue weighted by molar-refractivity contribution is -0.140. The summed E-state index contributed by atoms with van der Waals surface area (Å²) in [5.41, 5.74) is 0. The number of hydrogen-bond acceptors (Lipinski definition) is 3. The topological polar surface area (TPSA) is 46.5 Å². The molecule has 0 amide bonds. The smallest absolute Gasteiger partial charge is 0.305 e. The third-order valence-electron chi connectivity index (χ3n) is 1.57. The van der Waals surface area contributed by atoms with E-state index < -0.39 is 0 Å². The van der Waals surface area contributed by atoms with E-state index in [-0.39, 0.29) is 12.6 Å². The molecule has 0 aliphatic rings. The average molecular weight is 208 g/mol. The van der Waals surface area contributed by atoms with Gasteiger partial charge in [-0.15, -0.1) is 5.92 Å². The minimum atomic E-state index is -0.195. The van der Waals surface area contributed by atoms with Gasteiger partial charge in [-0.25, -0.2) is 0 Å². The second kappa shape index (κ2) is 10.6. The SMILES string of the molecule is COC(=O)CCCC#CCC#CCCO. The normalized spacial score (nSPS) is 8.13. The highest BCUT2D eigenvalue weighted by atomic mass is 16.5. The fraction of sp³-hybridized carbons (Fsp3) is 0.583. The van der Waals surface area contributed by atoms with Crippen molar-refractivity contribution in [2.75, 3.05) is 13.7 Å². The first kappa shape index (κ1) is 13.5. The summed E-state index contributed by atoms with van der Waals surface area (Å²) in [5.74, 6) is 11.2. The van der Waals surface area contributed by atoms with E-state index in [2.05, 4.69) is 28.4 Å². The number of methoxy groups -OCH3 is 1. The number of carbonyl (C=O) groups excluding carboxylic acids is 1. The van der Waals surface area contributed by atoms with Gasteiger partial charge >= 0.3 is 5.97 Å². The van der Waals surface area contributed by atoms with E-state index in [1.807, 2.05) is 0 Å². The maximum absolute atomic E-state index is 10.7. The van der Waals surface area contributed by atoms with E-state index in [1.165, 1.54) is 7.11 Å². The van der Waals surface area contributed by atoms with Gasteiger partial charge < -0.3 is 9.84 Å². The van der Waals surface area contributed by atoms with Crippen LogP contribution in [0, 0.1) is 23.7 Å². The quantitative estimate of drug-likeness (QED) is 0.427. The number of hydrogen-bond donors (Lipinski definition) is 1. The Bertz CT molecular complexity index is 285. The molecule has 0 aromatic heterocycles. The van der Waals surface area contributed by atoms with Crippen molar-refractivity contribution in [3.8, 4) is 23.7 Å². The molecule has 3 nitrogen and oxygen atoms in total. The first-order valence-corrected chi connectivity index (χ1v) is 4.90. The Morgan fingerprint density at radius 2 is 1.87 bits per heavy atom. The van der Waals surface area contributed by atoms with E-state index in [9.17, 15) is 4.79 Å². The molecule has 0 aliphatic heterocycles. The van der Waals surface area contributed by atoms with Crippen LogP contribution in [0.3, 0.4) is 0 Å². The van der Waals surface area contributed by atoms with Crippen LogP contribution in [0.1, 0.15) is 32.1 Å². The van der Waals surface area contributed by atoms with Crippen molar-refractivity contribution in [1.29, 1.82) is 0 Å². The summed E-state index contributed by atoms with van der Waals surface area (Å²) in [7, 11) is 1.38. The summed E-state index contributed by atoms with van der Waals surface area (Å²) < 4.78 is 4.49. The fourth-order valence-corrected chi connectivity index (χ4v) is 0.825. The van der Waals surface area contributed by atoms with E-state index in [0.717, 1.165) is 6.42 Å². The monoisotopic (exact) mass is 208 g/mol. The molecule has 0 atom stereocenters. The molecule has 0 fully saturated rings. The van der Waals surface area contributed by atoms with Crippen LogP contribution in [-0.2, 0) is 9.53 Å². The minimum absolute atomic E-state index is 0.0968. The van der Waals surface area contributed by atoms with Crippen LogP contribution in [-0.4, -0.2) is 24.8 Å².